The molecule has 0 amide bonds. The lowest BCUT2D eigenvalue weighted by Crippen LogP contribution is -2.29. The molecule has 1 aliphatic carbocycles. The molecule has 0 aromatic heterocycles. The minimum Gasteiger partial charge on any atom is -0.507 e. The molecule has 1 nitrogen and oxygen atoms in total. The van der Waals surface area contributed by atoms with E-state index in [2.05, 4.69) is 44.2 Å². The Labute approximate surface area is 153 Å². The fraction of sp³-hybridized carbons (Fsp3) is 0.500. The molecule has 1 heteroatoms. The van der Waals surface area contributed by atoms with E-state index >= 15 is 0 Å². The summed E-state index contributed by atoms with van der Waals surface area (Å²) in [5, 5.41) is 10.3. The van der Waals surface area contributed by atoms with Crippen molar-refractivity contribution in [1.29, 1.82) is 0 Å². The van der Waals surface area contributed by atoms with Crippen molar-refractivity contribution in [2.45, 2.75) is 78.1 Å². The summed E-state index contributed by atoms with van der Waals surface area (Å²) in [4.78, 5) is 0. The van der Waals surface area contributed by atoms with Crippen LogP contribution in [0.1, 0.15) is 78.3 Å². The Kier molecular flexibility index (Phi) is 5.22. The van der Waals surface area contributed by atoms with Crippen LogP contribution in [0.3, 0.4) is 0 Å². The van der Waals surface area contributed by atoms with Gasteiger partial charge in [0.2, 0.25) is 0 Å². The van der Waals surface area contributed by atoms with Crippen LogP contribution < -0.4 is 0 Å². The maximum atomic E-state index is 10.3. The Bertz CT molecular complexity index is 705. The molecule has 2 aromatic rings. The number of phenolic OH excluding ortho intramolecular Hbond substituents is 1. The quantitative estimate of drug-likeness (QED) is 0.650. The van der Waals surface area contributed by atoms with Crippen LogP contribution in [0.5, 0.6) is 5.75 Å². The van der Waals surface area contributed by atoms with Gasteiger partial charge in [0.15, 0.2) is 0 Å². The highest BCUT2D eigenvalue weighted by Crippen LogP contribution is 2.45. The Morgan fingerprint density at radius 2 is 1.08 bits per heavy atom. The third-order valence-electron chi connectivity index (χ3n) is 6.03. The average molecular weight is 337 g/mol. The number of aryl methyl sites for hydroxylation is 4. The zero-order chi connectivity index (χ0) is 18.0. The minimum absolute atomic E-state index is 0.0837. The maximum Gasteiger partial charge on any atom is 0.121 e. The lowest BCUT2D eigenvalue weighted by atomic mass is 9.66. The molecule has 134 valence electrons. The largest absolute Gasteiger partial charge is 0.507 e. The molecule has 25 heavy (non-hydrogen) atoms. The summed E-state index contributed by atoms with van der Waals surface area (Å²) in [6.45, 7) is 8.48. The molecule has 0 spiro atoms. The van der Waals surface area contributed by atoms with Gasteiger partial charge < -0.3 is 5.11 Å². The second-order valence-corrected chi connectivity index (χ2v) is 8.18. The fourth-order valence-electron chi connectivity index (χ4n) is 4.74. The third-order valence-corrected chi connectivity index (χ3v) is 6.03. The van der Waals surface area contributed by atoms with Crippen LogP contribution in [0.25, 0.3) is 0 Å². The predicted molar refractivity (Wildman–Crippen MR) is 107 cm³/mol. The van der Waals surface area contributed by atoms with Crippen LogP contribution in [-0.2, 0) is 5.41 Å². The number of benzene rings is 2. The highest BCUT2D eigenvalue weighted by Gasteiger charge is 2.35. The van der Waals surface area contributed by atoms with E-state index in [0.717, 1.165) is 11.1 Å². The molecule has 0 bridgehead atoms. The van der Waals surface area contributed by atoms with E-state index in [4.69, 9.17) is 0 Å². The number of rotatable bonds is 2. The van der Waals surface area contributed by atoms with Gasteiger partial charge in [-0.15, -0.1) is 0 Å². The van der Waals surface area contributed by atoms with E-state index < -0.39 is 0 Å². The Morgan fingerprint density at radius 3 is 1.60 bits per heavy atom. The van der Waals surface area contributed by atoms with Crippen LogP contribution >= 0.6 is 0 Å². The zero-order valence-electron chi connectivity index (χ0n) is 16.3. The van der Waals surface area contributed by atoms with Gasteiger partial charge in [0, 0.05) is 5.41 Å². The molecule has 0 aliphatic heterocycles. The molecular formula is C24H32O. The monoisotopic (exact) mass is 336 g/mol. The Morgan fingerprint density at radius 1 is 0.640 bits per heavy atom. The third kappa shape index (κ3) is 3.61. The first kappa shape index (κ1) is 18.0. The van der Waals surface area contributed by atoms with Crippen molar-refractivity contribution in [2.24, 2.45) is 0 Å². The summed E-state index contributed by atoms with van der Waals surface area (Å²) < 4.78 is 0. The Balaban J connectivity index is 2.21. The van der Waals surface area contributed by atoms with Crippen LogP contribution in [0, 0.1) is 27.7 Å². The average Bonchev–Trinajstić information content (AvgIpc) is 2.51. The normalized spacial score (nSPS) is 17.8. The molecule has 1 N–H and O–H groups in total. The highest BCUT2D eigenvalue weighted by atomic mass is 16.3. The minimum atomic E-state index is 0.0837. The second-order valence-electron chi connectivity index (χ2n) is 8.18. The van der Waals surface area contributed by atoms with Gasteiger partial charge in [-0.3, -0.25) is 0 Å². The first-order valence-corrected chi connectivity index (χ1v) is 9.82. The van der Waals surface area contributed by atoms with Crippen molar-refractivity contribution >= 4 is 0 Å². The van der Waals surface area contributed by atoms with Crippen molar-refractivity contribution in [3.63, 3.8) is 0 Å². The summed E-state index contributed by atoms with van der Waals surface area (Å²) in [7, 11) is 0. The van der Waals surface area contributed by atoms with Gasteiger partial charge in [0.25, 0.3) is 0 Å². The molecule has 0 saturated heterocycles. The van der Waals surface area contributed by atoms with Gasteiger partial charge in [0.1, 0.15) is 5.75 Å². The van der Waals surface area contributed by atoms with Gasteiger partial charge in [-0.1, -0.05) is 73.6 Å². The molecule has 1 aliphatic rings. The smallest absolute Gasteiger partial charge is 0.121 e. The van der Waals surface area contributed by atoms with Crippen LogP contribution in [0.4, 0.5) is 0 Å². The van der Waals surface area contributed by atoms with E-state index in [1.807, 2.05) is 13.8 Å². The molecule has 1 fully saturated rings. The van der Waals surface area contributed by atoms with Crippen LogP contribution in [-0.4, -0.2) is 5.11 Å². The molecular weight excluding hydrogens is 304 g/mol. The van der Waals surface area contributed by atoms with Crippen molar-refractivity contribution in [2.75, 3.05) is 0 Å². The first-order chi connectivity index (χ1) is 11.9. The zero-order valence-corrected chi connectivity index (χ0v) is 16.3. The molecule has 0 heterocycles. The maximum absolute atomic E-state index is 10.3. The topological polar surface area (TPSA) is 20.2 Å². The van der Waals surface area contributed by atoms with Crippen LogP contribution in [0.2, 0.25) is 0 Å². The number of hydrogen-bond acceptors (Lipinski definition) is 1. The van der Waals surface area contributed by atoms with E-state index in [1.165, 1.54) is 67.2 Å². The van der Waals surface area contributed by atoms with E-state index in [-0.39, 0.29) is 5.41 Å². The summed E-state index contributed by atoms with van der Waals surface area (Å²) in [5.74, 6) is 0.449. The lowest BCUT2D eigenvalue weighted by molar-refractivity contribution is 0.365. The SMILES string of the molecule is Cc1cc(C)cc(C2(c3cc(C)c(O)c(C)c3)CCCCCCC2)c1. The van der Waals surface area contributed by atoms with E-state index in [9.17, 15) is 5.11 Å². The predicted octanol–water partition coefficient (Wildman–Crippen LogP) is 6.66. The van der Waals surface area contributed by atoms with Crippen molar-refractivity contribution in [3.05, 3.63) is 63.7 Å². The van der Waals surface area contributed by atoms with Gasteiger partial charge in [-0.05, 0) is 62.8 Å². The summed E-state index contributed by atoms with van der Waals surface area (Å²) in [5.41, 5.74) is 7.65. The van der Waals surface area contributed by atoms with Gasteiger partial charge in [-0.25, -0.2) is 0 Å². The van der Waals surface area contributed by atoms with E-state index in [1.54, 1.807) is 0 Å². The fourth-order valence-corrected chi connectivity index (χ4v) is 4.74. The van der Waals surface area contributed by atoms with Gasteiger partial charge in [0.05, 0.1) is 0 Å². The highest BCUT2D eigenvalue weighted by molar-refractivity contribution is 5.49. The standard InChI is InChI=1S/C24H32O/c1-17-12-18(2)14-21(13-17)24(10-8-6-5-7-9-11-24)22-15-19(3)23(25)20(4)16-22/h12-16,25H,5-11H2,1-4H3. The van der Waals surface area contributed by atoms with E-state index in [0.29, 0.717) is 5.75 Å². The van der Waals surface area contributed by atoms with Gasteiger partial charge >= 0.3 is 0 Å². The summed E-state index contributed by atoms with van der Waals surface area (Å²) in [6.07, 6.45) is 9.03. The second kappa shape index (κ2) is 7.23. The summed E-state index contributed by atoms with van der Waals surface area (Å²) in [6, 6.07) is 11.5. The number of phenols is 1. The molecule has 0 atom stereocenters. The van der Waals surface area contributed by atoms with Crippen molar-refractivity contribution < 1.29 is 5.11 Å². The molecule has 2 aromatic carbocycles. The molecule has 1 saturated carbocycles. The van der Waals surface area contributed by atoms with Crippen molar-refractivity contribution in [3.8, 4) is 5.75 Å². The molecule has 3 rings (SSSR count). The van der Waals surface area contributed by atoms with Crippen molar-refractivity contribution in [1.82, 2.24) is 0 Å². The first-order valence-electron chi connectivity index (χ1n) is 9.82. The molecule has 0 unspecified atom stereocenters. The van der Waals surface area contributed by atoms with Crippen LogP contribution in [0.15, 0.2) is 30.3 Å². The lowest BCUT2D eigenvalue weighted by Gasteiger charge is -2.38. The Hall–Kier alpha value is -1.76. The van der Waals surface area contributed by atoms with Gasteiger partial charge in [-0.2, -0.15) is 0 Å². The molecule has 0 radical (unpaired) electrons. The number of aromatic hydroxyl groups is 1. The number of hydrogen-bond donors (Lipinski definition) is 1. The summed E-state index contributed by atoms with van der Waals surface area (Å²) >= 11 is 0.